The molecule has 3 heteroatoms. The summed E-state index contributed by atoms with van der Waals surface area (Å²) in [5, 5.41) is 0. The van der Waals surface area contributed by atoms with Crippen LogP contribution >= 0.6 is 0 Å². The Labute approximate surface area is 101 Å². The van der Waals surface area contributed by atoms with Crippen LogP contribution in [-0.4, -0.2) is 19.6 Å². The van der Waals surface area contributed by atoms with Crippen LogP contribution in [0.3, 0.4) is 0 Å². The molecular formula is C13H30F2O. The summed E-state index contributed by atoms with van der Waals surface area (Å²) in [6, 6.07) is 0. The molecule has 0 aromatic carbocycles. The first-order valence-corrected chi connectivity index (χ1v) is 6.40. The molecule has 0 spiro atoms. The van der Waals surface area contributed by atoms with Crippen molar-refractivity contribution in [3.63, 3.8) is 0 Å². The van der Waals surface area contributed by atoms with Crippen molar-refractivity contribution in [3.05, 3.63) is 0 Å². The third kappa shape index (κ3) is 23.6. The van der Waals surface area contributed by atoms with Crippen molar-refractivity contribution in [1.82, 2.24) is 0 Å². The highest BCUT2D eigenvalue weighted by molar-refractivity contribution is 4.63. The Kier molecular flexibility index (Phi) is 22.8. The van der Waals surface area contributed by atoms with E-state index in [9.17, 15) is 8.78 Å². The number of hydrogen-bond donors (Lipinski definition) is 0. The lowest BCUT2D eigenvalue weighted by Gasteiger charge is -2.13. The van der Waals surface area contributed by atoms with Gasteiger partial charge in [-0.25, -0.2) is 8.78 Å². The van der Waals surface area contributed by atoms with Gasteiger partial charge in [-0.2, -0.15) is 0 Å². The smallest absolute Gasteiger partial charge is 0.270 e. The van der Waals surface area contributed by atoms with Gasteiger partial charge in [-0.15, -0.1) is 0 Å². The summed E-state index contributed by atoms with van der Waals surface area (Å²) in [6.45, 7) is 9.80. The van der Waals surface area contributed by atoms with Gasteiger partial charge in [0.15, 0.2) is 0 Å². The molecule has 16 heavy (non-hydrogen) atoms. The van der Waals surface area contributed by atoms with E-state index < -0.39 is 12.5 Å². The normalized spacial score (nSPS) is 9.75. The van der Waals surface area contributed by atoms with Crippen molar-refractivity contribution >= 4 is 0 Å². The third-order valence-electron chi connectivity index (χ3n) is 1.75. The predicted octanol–water partition coefficient (Wildman–Crippen LogP) is 5.29. The second-order valence-electron chi connectivity index (χ2n) is 3.39. The SMILES string of the molecule is CC.CCCC.CCCCC(F)(F)COC. The van der Waals surface area contributed by atoms with Crippen LogP contribution in [0.2, 0.25) is 0 Å². The molecule has 0 aromatic heterocycles. The van der Waals surface area contributed by atoms with Gasteiger partial charge in [-0.3, -0.25) is 0 Å². The molecule has 0 heterocycles. The van der Waals surface area contributed by atoms with Gasteiger partial charge in [0.05, 0.1) is 0 Å². The van der Waals surface area contributed by atoms with Gasteiger partial charge in [0.1, 0.15) is 6.61 Å². The average Bonchev–Trinajstić information content (AvgIpc) is 2.29. The molecule has 0 radical (unpaired) electrons. The van der Waals surface area contributed by atoms with E-state index in [-0.39, 0.29) is 6.42 Å². The second-order valence-corrected chi connectivity index (χ2v) is 3.39. The fourth-order valence-electron chi connectivity index (χ4n) is 0.719. The lowest BCUT2D eigenvalue weighted by atomic mass is 10.1. The number of methoxy groups -OCH3 is 1. The van der Waals surface area contributed by atoms with Crippen LogP contribution in [0.5, 0.6) is 0 Å². The minimum atomic E-state index is -2.62. The van der Waals surface area contributed by atoms with Gasteiger partial charge in [-0.05, 0) is 6.42 Å². The van der Waals surface area contributed by atoms with Crippen molar-refractivity contribution in [2.45, 2.75) is 72.6 Å². The molecule has 0 aliphatic heterocycles. The van der Waals surface area contributed by atoms with Crippen LogP contribution in [0.25, 0.3) is 0 Å². The Morgan fingerprint density at radius 2 is 1.38 bits per heavy atom. The fraction of sp³-hybridized carbons (Fsp3) is 1.00. The van der Waals surface area contributed by atoms with E-state index in [1.54, 1.807) is 0 Å². The summed E-state index contributed by atoms with van der Waals surface area (Å²) < 4.78 is 29.3. The maximum Gasteiger partial charge on any atom is 0.270 e. The molecule has 0 aliphatic rings. The number of alkyl halides is 2. The minimum absolute atomic E-state index is 0.0582. The Bertz CT molecular complexity index is 104. The van der Waals surface area contributed by atoms with Gasteiger partial charge in [0, 0.05) is 13.5 Å². The van der Waals surface area contributed by atoms with Crippen molar-refractivity contribution in [2.24, 2.45) is 0 Å². The van der Waals surface area contributed by atoms with Gasteiger partial charge in [0.25, 0.3) is 5.92 Å². The Morgan fingerprint density at radius 1 is 0.938 bits per heavy atom. The number of ether oxygens (including phenoxy) is 1. The molecule has 1 nitrogen and oxygen atoms in total. The largest absolute Gasteiger partial charge is 0.378 e. The number of hydrogen-bond acceptors (Lipinski definition) is 1. The Balaban J connectivity index is -0.000000237. The highest BCUT2D eigenvalue weighted by Gasteiger charge is 2.27. The lowest BCUT2D eigenvalue weighted by Crippen LogP contribution is -2.22. The standard InChI is InChI=1S/C7H14F2O.C4H10.C2H6/c1-3-4-5-7(8,9)6-10-2;1-3-4-2;1-2/h3-6H2,1-2H3;3-4H2,1-2H3;1-2H3. The molecule has 0 atom stereocenters. The first kappa shape index (κ1) is 21.1. The fourth-order valence-corrected chi connectivity index (χ4v) is 0.719. The van der Waals surface area contributed by atoms with Crippen molar-refractivity contribution < 1.29 is 13.5 Å². The summed E-state index contributed by atoms with van der Waals surface area (Å²) in [4.78, 5) is 0. The first-order chi connectivity index (χ1) is 7.54. The number of unbranched alkanes of at least 4 members (excludes halogenated alkanes) is 2. The van der Waals surface area contributed by atoms with Crippen molar-refractivity contribution in [2.75, 3.05) is 13.7 Å². The van der Waals surface area contributed by atoms with E-state index in [4.69, 9.17) is 0 Å². The molecule has 102 valence electrons. The van der Waals surface area contributed by atoms with Gasteiger partial charge < -0.3 is 4.74 Å². The van der Waals surface area contributed by atoms with Crippen LogP contribution in [0.15, 0.2) is 0 Å². The summed E-state index contributed by atoms with van der Waals surface area (Å²) in [5.74, 6) is -2.62. The third-order valence-corrected chi connectivity index (χ3v) is 1.75. The molecule has 0 aromatic rings. The molecule has 0 fully saturated rings. The van der Waals surface area contributed by atoms with Crippen molar-refractivity contribution in [3.8, 4) is 0 Å². The zero-order chi connectivity index (χ0) is 13.4. The van der Waals surface area contributed by atoms with E-state index in [0.29, 0.717) is 6.42 Å². The monoisotopic (exact) mass is 240 g/mol. The molecule has 0 N–H and O–H groups in total. The van der Waals surface area contributed by atoms with Gasteiger partial charge >= 0.3 is 0 Å². The topological polar surface area (TPSA) is 9.23 Å². The zero-order valence-electron chi connectivity index (χ0n) is 11.9. The summed E-state index contributed by atoms with van der Waals surface area (Å²) in [5.41, 5.74) is 0. The second kappa shape index (κ2) is 17.2. The molecule has 0 saturated heterocycles. The van der Waals surface area contributed by atoms with E-state index in [1.165, 1.54) is 20.0 Å². The van der Waals surface area contributed by atoms with E-state index in [1.807, 2.05) is 20.8 Å². The van der Waals surface area contributed by atoms with E-state index in [0.717, 1.165) is 6.42 Å². The molecule has 0 unspecified atom stereocenters. The van der Waals surface area contributed by atoms with Crippen LogP contribution < -0.4 is 0 Å². The first-order valence-electron chi connectivity index (χ1n) is 6.40. The van der Waals surface area contributed by atoms with Crippen LogP contribution in [0.4, 0.5) is 8.78 Å². The van der Waals surface area contributed by atoms with Crippen LogP contribution in [-0.2, 0) is 4.74 Å². The molecule has 0 aliphatic carbocycles. The molecule has 0 bridgehead atoms. The Morgan fingerprint density at radius 3 is 1.62 bits per heavy atom. The Hall–Kier alpha value is -0.180. The molecular weight excluding hydrogens is 210 g/mol. The molecule has 0 saturated carbocycles. The number of rotatable bonds is 6. The maximum atomic E-state index is 12.5. The average molecular weight is 240 g/mol. The quantitative estimate of drug-likeness (QED) is 0.613. The zero-order valence-corrected chi connectivity index (χ0v) is 11.9. The molecule has 0 rings (SSSR count). The van der Waals surface area contributed by atoms with Gasteiger partial charge in [-0.1, -0.05) is 53.9 Å². The van der Waals surface area contributed by atoms with E-state index >= 15 is 0 Å². The highest BCUT2D eigenvalue weighted by atomic mass is 19.3. The minimum Gasteiger partial charge on any atom is -0.378 e. The van der Waals surface area contributed by atoms with Crippen LogP contribution in [0.1, 0.15) is 66.7 Å². The highest BCUT2D eigenvalue weighted by Crippen LogP contribution is 2.20. The summed E-state index contributed by atoms with van der Waals surface area (Å²) in [6.07, 6.45) is 3.95. The maximum absolute atomic E-state index is 12.5. The number of halogens is 2. The van der Waals surface area contributed by atoms with E-state index in [2.05, 4.69) is 18.6 Å². The van der Waals surface area contributed by atoms with Crippen LogP contribution in [0, 0.1) is 0 Å². The lowest BCUT2D eigenvalue weighted by molar-refractivity contribution is -0.0709. The summed E-state index contributed by atoms with van der Waals surface area (Å²) in [7, 11) is 1.29. The molecule has 0 amide bonds. The summed E-state index contributed by atoms with van der Waals surface area (Å²) >= 11 is 0. The van der Waals surface area contributed by atoms with Crippen molar-refractivity contribution in [1.29, 1.82) is 0 Å². The predicted molar refractivity (Wildman–Crippen MR) is 68.3 cm³/mol. The van der Waals surface area contributed by atoms with Gasteiger partial charge in [0.2, 0.25) is 0 Å².